The van der Waals surface area contributed by atoms with Crippen LogP contribution < -0.4 is 5.32 Å². The number of benzene rings is 1. The molecule has 4 amide bonds. The van der Waals surface area contributed by atoms with Gasteiger partial charge in [0, 0.05) is 57.6 Å². The number of urea groups is 1. The molecule has 2 aliphatic rings. The molecule has 1 aromatic heterocycles. The minimum atomic E-state index is -0.770. The van der Waals surface area contributed by atoms with Gasteiger partial charge in [-0.05, 0) is 24.1 Å². The van der Waals surface area contributed by atoms with Crippen molar-refractivity contribution >= 4 is 17.8 Å². The number of hydrogen-bond donors (Lipinski definition) is 1. The normalized spacial score (nSPS) is 19.3. The summed E-state index contributed by atoms with van der Waals surface area (Å²) in [5.41, 5.74) is 2.13. The summed E-state index contributed by atoms with van der Waals surface area (Å²) in [5, 5.41) is 2.68. The van der Waals surface area contributed by atoms with Crippen LogP contribution in [0.3, 0.4) is 0 Å². The Morgan fingerprint density at radius 2 is 1.69 bits per heavy atom. The number of hydrogen-bond acceptors (Lipinski definition) is 5. The third-order valence-electron chi connectivity index (χ3n) is 6.09. The van der Waals surface area contributed by atoms with E-state index in [0.29, 0.717) is 26.1 Å². The summed E-state index contributed by atoms with van der Waals surface area (Å²) in [4.78, 5) is 47.4. The Bertz CT molecular complexity index is 929. The zero-order chi connectivity index (χ0) is 22.3. The van der Waals surface area contributed by atoms with Crippen LogP contribution in [0.2, 0.25) is 0 Å². The maximum Gasteiger partial charge on any atom is 0.324 e. The topological polar surface area (TPSA) is 85.8 Å². The van der Waals surface area contributed by atoms with E-state index in [-0.39, 0.29) is 18.2 Å². The van der Waals surface area contributed by atoms with E-state index in [2.05, 4.69) is 15.2 Å². The first-order valence-electron chi connectivity index (χ1n) is 11.2. The second-order valence-electron chi connectivity index (χ2n) is 8.23. The molecule has 3 heterocycles. The Hall–Kier alpha value is -3.26. The monoisotopic (exact) mass is 435 g/mol. The Kier molecular flexibility index (Phi) is 7.11. The number of carbonyl (C=O) groups excluding carboxylic acids is 3. The van der Waals surface area contributed by atoms with E-state index < -0.39 is 12.1 Å². The molecule has 0 radical (unpaired) electrons. The summed E-state index contributed by atoms with van der Waals surface area (Å²) in [7, 11) is 0. The lowest BCUT2D eigenvalue weighted by Crippen LogP contribution is -2.50. The molecule has 0 aliphatic carbocycles. The highest BCUT2D eigenvalue weighted by Gasteiger charge is 2.39. The quantitative estimate of drug-likeness (QED) is 0.632. The Morgan fingerprint density at radius 1 is 0.938 bits per heavy atom. The first-order chi connectivity index (χ1) is 15.6. The van der Waals surface area contributed by atoms with Gasteiger partial charge < -0.3 is 10.2 Å². The predicted molar refractivity (Wildman–Crippen MR) is 120 cm³/mol. The summed E-state index contributed by atoms with van der Waals surface area (Å²) in [6.07, 6.45) is 3.30. The van der Waals surface area contributed by atoms with Crippen molar-refractivity contribution in [2.24, 2.45) is 0 Å². The van der Waals surface area contributed by atoms with Gasteiger partial charge in [-0.25, -0.2) is 4.79 Å². The minimum Gasteiger partial charge on any atom is -0.340 e. The van der Waals surface area contributed by atoms with E-state index >= 15 is 0 Å². The molecule has 32 heavy (non-hydrogen) atoms. The summed E-state index contributed by atoms with van der Waals surface area (Å²) in [6, 6.07) is 14.5. The van der Waals surface area contributed by atoms with Gasteiger partial charge in [0.05, 0.1) is 6.42 Å². The number of imide groups is 1. The van der Waals surface area contributed by atoms with Crippen LogP contribution in [0.25, 0.3) is 0 Å². The van der Waals surface area contributed by atoms with Crippen molar-refractivity contribution < 1.29 is 14.4 Å². The molecule has 168 valence electrons. The van der Waals surface area contributed by atoms with Crippen LogP contribution >= 0.6 is 0 Å². The van der Waals surface area contributed by atoms with Crippen LogP contribution in [0.4, 0.5) is 4.79 Å². The van der Waals surface area contributed by atoms with Crippen LogP contribution in [-0.4, -0.2) is 82.8 Å². The molecule has 4 rings (SSSR count). The third kappa shape index (κ3) is 5.50. The van der Waals surface area contributed by atoms with Crippen LogP contribution in [0.5, 0.6) is 0 Å². The molecule has 1 aromatic carbocycles. The van der Waals surface area contributed by atoms with E-state index in [9.17, 15) is 14.4 Å². The number of pyridine rings is 1. The molecule has 2 saturated heterocycles. The number of piperazine rings is 1. The number of carbonyl (C=O) groups is 3. The van der Waals surface area contributed by atoms with Crippen molar-refractivity contribution in [1.82, 2.24) is 25.0 Å². The maximum absolute atomic E-state index is 12.8. The molecule has 0 unspecified atom stereocenters. The van der Waals surface area contributed by atoms with E-state index in [1.54, 1.807) is 11.1 Å². The average molecular weight is 436 g/mol. The van der Waals surface area contributed by atoms with Crippen molar-refractivity contribution in [2.45, 2.75) is 25.3 Å². The van der Waals surface area contributed by atoms with Gasteiger partial charge in [0.25, 0.3) is 5.91 Å². The van der Waals surface area contributed by atoms with Crippen molar-refractivity contribution in [3.05, 3.63) is 66.0 Å². The smallest absolute Gasteiger partial charge is 0.324 e. The van der Waals surface area contributed by atoms with Crippen molar-refractivity contribution in [3.63, 3.8) is 0 Å². The lowest BCUT2D eigenvalue weighted by Gasteiger charge is -2.35. The zero-order valence-electron chi connectivity index (χ0n) is 18.2. The average Bonchev–Trinajstić information content (AvgIpc) is 3.10. The third-order valence-corrected chi connectivity index (χ3v) is 6.09. The van der Waals surface area contributed by atoms with Crippen molar-refractivity contribution in [1.29, 1.82) is 0 Å². The zero-order valence-corrected chi connectivity index (χ0v) is 18.2. The number of amides is 4. The fraction of sp³-hybridized carbons (Fsp3) is 0.417. The largest absolute Gasteiger partial charge is 0.340 e. The van der Waals surface area contributed by atoms with Crippen LogP contribution in [0.1, 0.15) is 17.7 Å². The van der Waals surface area contributed by atoms with E-state index in [1.165, 1.54) is 4.90 Å². The fourth-order valence-electron chi connectivity index (χ4n) is 4.16. The molecular formula is C24H29N5O3. The molecule has 8 heteroatoms. The molecule has 2 aliphatic heterocycles. The van der Waals surface area contributed by atoms with Crippen LogP contribution in [-0.2, 0) is 22.4 Å². The molecular weight excluding hydrogens is 406 g/mol. The van der Waals surface area contributed by atoms with Crippen molar-refractivity contribution in [3.8, 4) is 0 Å². The van der Waals surface area contributed by atoms with Gasteiger partial charge in [-0.15, -0.1) is 0 Å². The van der Waals surface area contributed by atoms with Crippen molar-refractivity contribution in [2.75, 3.05) is 39.3 Å². The van der Waals surface area contributed by atoms with Gasteiger partial charge in [-0.3, -0.25) is 24.4 Å². The van der Waals surface area contributed by atoms with Crippen LogP contribution in [0, 0.1) is 0 Å². The summed E-state index contributed by atoms with van der Waals surface area (Å²) in [5.74, 6) is -0.397. The predicted octanol–water partition coefficient (Wildman–Crippen LogP) is 1.32. The van der Waals surface area contributed by atoms with Gasteiger partial charge in [-0.2, -0.15) is 0 Å². The molecule has 8 nitrogen and oxygen atoms in total. The van der Waals surface area contributed by atoms with Gasteiger partial charge in [-0.1, -0.05) is 36.4 Å². The molecule has 0 saturated carbocycles. The Labute approximate surface area is 188 Å². The fourth-order valence-corrected chi connectivity index (χ4v) is 4.16. The maximum atomic E-state index is 12.8. The highest BCUT2D eigenvalue weighted by molar-refractivity contribution is 6.05. The minimum absolute atomic E-state index is 0.0142. The van der Waals surface area contributed by atoms with Gasteiger partial charge in [0.15, 0.2) is 0 Å². The van der Waals surface area contributed by atoms with Gasteiger partial charge in [0.2, 0.25) is 5.91 Å². The molecule has 2 fully saturated rings. The number of nitrogens with zero attached hydrogens (tertiary/aromatic N) is 4. The first kappa shape index (κ1) is 22.0. The molecule has 0 spiro atoms. The standard InChI is InChI=1S/C24H29N5O3/c30-22(28-16-14-27(15-17-28)12-10-20-8-4-5-11-25-20)18-21-23(31)29(24(32)26-21)13-9-19-6-2-1-3-7-19/h1-8,11,21H,9-10,12-18H2,(H,26,32)/t21-/m0/s1. The number of aromatic nitrogens is 1. The highest BCUT2D eigenvalue weighted by Crippen LogP contribution is 2.14. The van der Waals surface area contributed by atoms with Crippen LogP contribution in [0.15, 0.2) is 54.7 Å². The lowest BCUT2D eigenvalue weighted by atomic mass is 10.1. The van der Waals surface area contributed by atoms with Gasteiger partial charge >= 0.3 is 6.03 Å². The molecule has 0 bridgehead atoms. The molecule has 1 N–H and O–H groups in total. The highest BCUT2D eigenvalue weighted by atomic mass is 16.2. The summed E-state index contributed by atoms with van der Waals surface area (Å²) >= 11 is 0. The SMILES string of the molecule is O=C(C[C@@H]1NC(=O)N(CCc2ccccc2)C1=O)N1CCN(CCc2ccccn2)CC1. The van der Waals surface area contributed by atoms with E-state index in [0.717, 1.165) is 37.3 Å². The molecule has 1 atom stereocenters. The van der Waals surface area contributed by atoms with Gasteiger partial charge in [0.1, 0.15) is 6.04 Å². The number of nitrogens with one attached hydrogen (secondary N) is 1. The Balaban J connectivity index is 1.21. The van der Waals surface area contributed by atoms with E-state index in [4.69, 9.17) is 0 Å². The second kappa shape index (κ2) is 10.4. The molecule has 2 aromatic rings. The Morgan fingerprint density at radius 3 is 2.41 bits per heavy atom. The lowest BCUT2D eigenvalue weighted by molar-refractivity contribution is -0.137. The number of rotatable bonds is 8. The summed E-state index contributed by atoms with van der Waals surface area (Å²) < 4.78 is 0. The summed E-state index contributed by atoms with van der Waals surface area (Å²) in [6.45, 7) is 4.08. The first-order valence-corrected chi connectivity index (χ1v) is 11.2. The second-order valence-corrected chi connectivity index (χ2v) is 8.23. The van der Waals surface area contributed by atoms with E-state index in [1.807, 2.05) is 48.5 Å².